The van der Waals surface area contributed by atoms with Crippen LogP contribution in [0.2, 0.25) is 0 Å². The minimum atomic E-state index is -0.498. The minimum absolute atomic E-state index is 0.498. The molecule has 0 atom stereocenters. The van der Waals surface area contributed by atoms with Gasteiger partial charge in [0.1, 0.15) is 0 Å². The summed E-state index contributed by atoms with van der Waals surface area (Å²) in [6.07, 6.45) is 2.92. The smallest absolute Gasteiger partial charge is 0.0819 e. The van der Waals surface area contributed by atoms with Crippen molar-refractivity contribution in [3.8, 4) is 0 Å². The van der Waals surface area contributed by atoms with Gasteiger partial charge in [0.25, 0.3) is 0 Å². The van der Waals surface area contributed by atoms with Crippen molar-refractivity contribution in [3.63, 3.8) is 0 Å². The van der Waals surface area contributed by atoms with Crippen molar-refractivity contribution in [1.29, 1.82) is 0 Å². The number of anilines is 2. The van der Waals surface area contributed by atoms with E-state index in [9.17, 15) is 5.11 Å². The average Bonchev–Trinajstić information content (AvgIpc) is 2.14. The third-order valence-electron chi connectivity index (χ3n) is 2.85. The molecule has 2 rings (SSSR count). The maximum atomic E-state index is 9.86. The molecule has 1 aliphatic rings. The molecule has 1 saturated carbocycles. The number of hydrogen-bond donors (Lipinski definition) is 3. The highest BCUT2D eigenvalue weighted by atomic mass is 16.3. The van der Waals surface area contributed by atoms with Crippen LogP contribution in [-0.4, -0.2) is 17.3 Å². The molecule has 0 spiro atoms. The summed E-state index contributed by atoms with van der Waals surface area (Å²) >= 11 is 0. The molecule has 0 unspecified atom stereocenters. The molecule has 1 fully saturated rings. The fourth-order valence-electron chi connectivity index (χ4n) is 1.68. The van der Waals surface area contributed by atoms with E-state index < -0.39 is 5.60 Å². The van der Waals surface area contributed by atoms with E-state index in [1.807, 2.05) is 24.3 Å². The summed E-state index contributed by atoms with van der Waals surface area (Å²) in [5, 5.41) is 13.0. The van der Waals surface area contributed by atoms with Crippen LogP contribution in [0.4, 0.5) is 11.4 Å². The molecule has 1 aromatic carbocycles. The highest BCUT2D eigenvalue weighted by Gasteiger charge is 2.33. The summed E-state index contributed by atoms with van der Waals surface area (Å²) in [7, 11) is 0. The molecule has 3 heteroatoms. The Labute approximate surface area is 83.9 Å². The van der Waals surface area contributed by atoms with E-state index in [1.165, 1.54) is 0 Å². The van der Waals surface area contributed by atoms with Gasteiger partial charge in [0.05, 0.1) is 17.0 Å². The molecule has 0 radical (unpaired) electrons. The lowest BCUT2D eigenvalue weighted by Gasteiger charge is -2.37. The maximum Gasteiger partial charge on any atom is 0.0819 e. The van der Waals surface area contributed by atoms with Gasteiger partial charge in [0.15, 0.2) is 0 Å². The molecule has 0 amide bonds. The van der Waals surface area contributed by atoms with Crippen LogP contribution in [0.15, 0.2) is 24.3 Å². The monoisotopic (exact) mass is 192 g/mol. The maximum absolute atomic E-state index is 9.86. The summed E-state index contributed by atoms with van der Waals surface area (Å²) in [5.74, 6) is 0. The van der Waals surface area contributed by atoms with Gasteiger partial charge in [-0.05, 0) is 31.4 Å². The Hall–Kier alpha value is -1.22. The minimum Gasteiger partial charge on any atom is -0.397 e. The predicted octanol–water partition coefficient (Wildman–Crippen LogP) is 1.60. The Bertz CT molecular complexity index is 321. The molecule has 0 saturated heterocycles. The van der Waals surface area contributed by atoms with Crippen LogP contribution in [-0.2, 0) is 0 Å². The molecule has 14 heavy (non-hydrogen) atoms. The summed E-state index contributed by atoms with van der Waals surface area (Å²) in [6, 6.07) is 7.62. The number of nitrogens with one attached hydrogen (secondary N) is 1. The van der Waals surface area contributed by atoms with E-state index in [-0.39, 0.29) is 0 Å². The lowest BCUT2D eigenvalue weighted by Crippen LogP contribution is -2.43. The SMILES string of the molecule is Nc1ccccc1NCC1(O)CCC1. The zero-order chi connectivity index (χ0) is 10.0. The normalized spacial score (nSPS) is 18.6. The Balaban J connectivity index is 1.95. The van der Waals surface area contributed by atoms with Crippen LogP contribution in [0, 0.1) is 0 Å². The second kappa shape index (κ2) is 3.50. The van der Waals surface area contributed by atoms with Crippen LogP contribution in [0.1, 0.15) is 19.3 Å². The molecule has 76 valence electrons. The van der Waals surface area contributed by atoms with Crippen LogP contribution < -0.4 is 11.1 Å². The Morgan fingerprint density at radius 2 is 2.07 bits per heavy atom. The number of aliphatic hydroxyl groups is 1. The quantitative estimate of drug-likeness (QED) is 0.637. The van der Waals surface area contributed by atoms with Gasteiger partial charge in [-0.1, -0.05) is 12.1 Å². The van der Waals surface area contributed by atoms with E-state index in [0.717, 1.165) is 30.6 Å². The van der Waals surface area contributed by atoms with Crippen LogP contribution in [0.3, 0.4) is 0 Å². The predicted molar refractivity (Wildman–Crippen MR) is 58.1 cm³/mol. The van der Waals surface area contributed by atoms with Gasteiger partial charge in [-0.3, -0.25) is 0 Å². The van der Waals surface area contributed by atoms with Gasteiger partial charge in [0, 0.05) is 6.54 Å². The Morgan fingerprint density at radius 3 is 2.64 bits per heavy atom. The van der Waals surface area contributed by atoms with E-state index in [4.69, 9.17) is 5.73 Å². The molecule has 4 N–H and O–H groups in total. The first kappa shape index (κ1) is 9.34. The van der Waals surface area contributed by atoms with Gasteiger partial charge in [-0.15, -0.1) is 0 Å². The molecule has 1 aliphatic carbocycles. The second-order valence-corrected chi connectivity index (χ2v) is 4.02. The lowest BCUT2D eigenvalue weighted by atomic mass is 9.80. The van der Waals surface area contributed by atoms with E-state index in [2.05, 4.69) is 5.32 Å². The number of para-hydroxylation sites is 2. The summed E-state index contributed by atoms with van der Waals surface area (Å²) in [5.41, 5.74) is 6.91. The molecular weight excluding hydrogens is 176 g/mol. The summed E-state index contributed by atoms with van der Waals surface area (Å²) in [6.45, 7) is 0.598. The lowest BCUT2D eigenvalue weighted by molar-refractivity contribution is -0.0201. The molecule has 0 aliphatic heterocycles. The Morgan fingerprint density at radius 1 is 1.36 bits per heavy atom. The highest BCUT2D eigenvalue weighted by Crippen LogP contribution is 2.32. The number of hydrogen-bond acceptors (Lipinski definition) is 3. The summed E-state index contributed by atoms with van der Waals surface area (Å²) in [4.78, 5) is 0. The largest absolute Gasteiger partial charge is 0.397 e. The van der Waals surface area contributed by atoms with E-state index in [0.29, 0.717) is 6.54 Å². The van der Waals surface area contributed by atoms with Crippen molar-refractivity contribution in [2.24, 2.45) is 0 Å². The highest BCUT2D eigenvalue weighted by molar-refractivity contribution is 5.65. The van der Waals surface area contributed by atoms with Crippen LogP contribution in [0.5, 0.6) is 0 Å². The number of nitrogen functional groups attached to an aromatic ring is 1. The summed E-state index contributed by atoms with van der Waals surface area (Å²) < 4.78 is 0. The van der Waals surface area contributed by atoms with Crippen molar-refractivity contribution in [2.45, 2.75) is 24.9 Å². The molecule has 3 nitrogen and oxygen atoms in total. The number of rotatable bonds is 3. The number of benzene rings is 1. The van der Waals surface area contributed by atoms with Crippen LogP contribution >= 0.6 is 0 Å². The molecule has 0 heterocycles. The first-order valence-electron chi connectivity index (χ1n) is 5.00. The fraction of sp³-hybridized carbons (Fsp3) is 0.455. The van der Waals surface area contributed by atoms with E-state index in [1.54, 1.807) is 0 Å². The first-order chi connectivity index (χ1) is 6.70. The van der Waals surface area contributed by atoms with Gasteiger partial charge >= 0.3 is 0 Å². The van der Waals surface area contributed by atoms with Gasteiger partial charge < -0.3 is 16.2 Å². The van der Waals surface area contributed by atoms with Gasteiger partial charge in [0.2, 0.25) is 0 Å². The molecule has 0 aromatic heterocycles. The molecule has 0 bridgehead atoms. The topological polar surface area (TPSA) is 58.3 Å². The Kier molecular flexibility index (Phi) is 2.33. The zero-order valence-electron chi connectivity index (χ0n) is 8.16. The second-order valence-electron chi connectivity index (χ2n) is 4.02. The fourth-order valence-corrected chi connectivity index (χ4v) is 1.68. The van der Waals surface area contributed by atoms with E-state index >= 15 is 0 Å². The van der Waals surface area contributed by atoms with Crippen molar-refractivity contribution in [2.75, 3.05) is 17.6 Å². The molecular formula is C11H16N2O. The van der Waals surface area contributed by atoms with Crippen LogP contribution in [0.25, 0.3) is 0 Å². The molecule has 1 aromatic rings. The first-order valence-corrected chi connectivity index (χ1v) is 5.00. The van der Waals surface area contributed by atoms with Gasteiger partial charge in [-0.2, -0.15) is 0 Å². The standard InChI is InChI=1S/C11H16N2O/c12-9-4-1-2-5-10(9)13-8-11(14)6-3-7-11/h1-2,4-5,13-14H,3,6-8,12H2. The zero-order valence-corrected chi connectivity index (χ0v) is 8.16. The van der Waals surface area contributed by atoms with Crippen molar-refractivity contribution >= 4 is 11.4 Å². The average molecular weight is 192 g/mol. The third kappa shape index (κ3) is 1.82. The van der Waals surface area contributed by atoms with Crippen molar-refractivity contribution in [1.82, 2.24) is 0 Å². The van der Waals surface area contributed by atoms with Crippen molar-refractivity contribution < 1.29 is 5.11 Å². The van der Waals surface area contributed by atoms with Crippen molar-refractivity contribution in [3.05, 3.63) is 24.3 Å². The van der Waals surface area contributed by atoms with Gasteiger partial charge in [-0.25, -0.2) is 0 Å². The number of nitrogens with two attached hydrogens (primary N) is 1. The third-order valence-corrected chi connectivity index (χ3v) is 2.85.